The fourth-order valence-electron chi connectivity index (χ4n) is 1.83. The summed E-state index contributed by atoms with van der Waals surface area (Å²) >= 11 is 0. The molecule has 2 aromatic rings. The van der Waals surface area contributed by atoms with Gasteiger partial charge in [0.05, 0.1) is 6.61 Å². The highest BCUT2D eigenvalue weighted by molar-refractivity contribution is 5.91. The van der Waals surface area contributed by atoms with Crippen molar-refractivity contribution in [3.8, 4) is 0 Å². The van der Waals surface area contributed by atoms with Crippen LogP contribution in [0.4, 0.5) is 5.82 Å². The largest absolute Gasteiger partial charge is 0.380 e. The number of nitrogens with two attached hydrogens (primary N) is 1. The Labute approximate surface area is 107 Å². The Morgan fingerprint density at radius 1 is 1.17 bits per heavy atom. The molecule has 18 heavy (non-hydrogen) atoms. The van der Waals surface area contributed by atoms with Gasteiger partial charge in [0.2, 0.25) is 0 Å². The maximum Gasteiger partial charge on any atom is 0.133 e. The van der Waals surface area contributed by atoms with Crippen LogP contribution in [0.25, 0.3) is 10.8 Å². The summed E-state index contributed by atoms with van der Waals surface area (Å²) in [6.45, 7) is 2.80. The van der Waals surface area contributed by atoms with E-state index in [-0.39, 0.29) is 0 Å². The van der Waals surface area contributed by atoms with E-state index in [1.807, 2.05) is 24.4 Å². The van der Waals surface area contributed by atoms with Crippen LogP contribution < -0.4 is 11.1 Å². The number of nitrogens with zero attached hydrogens (tertiary/aromatic N) is 1. The van der Waals surface area contributed by atoms with Crippen molar-refractivity contribution in [2.24, 2.45) is 5.73 Å². The van der Waals surface area contributed by atoms with E-state index in [0.29, 0.717) is 13.2 Å². The monoisotopic (exact) mass is 245 g/mol. The molecule has 0 radical (unpaired) electrons. The van der Waals surface area contributed by atoms with Crippen molar-refractivity contribution in [3.05, 3.63) is 36.5 Å². The first kappa shape index (κ1) is 12.8. The molecular formula is C14H19N3O. The van der Waals surface area contributed by atoms with Crippen LogP contribution >= 0.6 is 0 Å². The number of pyridine rings is 1. The zero-order chi connectivity index (χ0) is 12.6. The van der Waals surface area contributed by atoms with E-state index < -0.39 is 0 Å². The van der Waals surface area contributed by atoms with Crippen molar-refractivity contribution >= 4 is 16.6 Å². The van der Waals surface area contributed by atoms with Gasteiger partial charge in [-0.2, -0.15) is 0 Å². The molecule has 0 spiro atoms. The third-order valence-corrected chi connectivity index (χ3v) is 2.69. The number of nitrogens with one attached hydrogen (secondary N) is 1. The standard InChI is InChI=1S/C14H19N3O/c15-7-11-18-10-3-8-16-14-13-5-2-1-4-12(13)6-9-17-14/h1-2,4-6,9H,3,7-8,10-11,15H2,(H,16,17). The first-order valence-corrected chi connectivity index (χ1v) is 6.27. The zero-order valence-corrected chi connectivity index (χ0v) is 10.4. The molecule has 0 amide bonds. The maximum absolute atomic E-state index is 5.35. The molecule has 1 aromatic carbocycles. The minimum Gasteiger partial charge on any atom is -0.380 e. The van der Waals surface area contributed by atoms with Gasteiger partial charge in [-0.1, -0.05) is 24.3 Å². The van der Waals surface area contributed by atoms with Crippen molar-refractivity contribution in [1.82, 2.24) is 4.98 Å². The van der Waals surface area contributed by atoms with Crippen LogP contribution in [0.5, 0.6) is 0 Å². The maximum atomic E-state index is 5.35. The molecule has 0 atom stereocenters. The minimum absolute atomic E-state index is 0.582. The number of fused-ring (bicyclic) bond motifs is 1. The van der Waals surface area contributed by atoms with Gasteiger partial charge in [-0.05, 0) is 17.9 Å². The van der Waals surface area contributed by atoms with Crippen molar-refractivity contribution in [2.45, 2.75) is 6.42 Å². The lowest BCUT2D eigenvalue weighted by Crippen LogP contribution is -2.11. The summed E-state index contributed by atoms with van der Waals surface area (Å²) < 4.78 is 5.32. The van der Waals surface area contributed by atoms with Gasteiger partial charge in [0, 0.05) is 31.3 Å². The fraction of sp³-hybridized carbons (Fsp3) is 0.357. The molecule has 3 N–H and O–H groups in total. The predicted molar refractivity (Wildman–Crippen MR) is 74.7 cm³/mol. The van der Waals surface area contributed by atoms with Gasteiger partial charge in [-0.15, -0.1) is 0 Å². The van der Waals surface area contributed by atoms with Gasteiger partial charge in [-0.3, -0.25) is 0 Å². The van der Waals surface area contributed by atoms with Crippen LogP contribution in [0.2, 0.25) is 0 Å². The Morgan fingerprint density at radius 3 is 2.94 bits per heavy atom. The molecule has 96 valence electrons. The summed E-state index contributed by atoms with van der Waals surface area (Å²) in [6.07, 6.45) is 2.78. The van der Waals surface area contributed by atoms with Crippen molar-refractivity contribution in [3.63, 3.8) is 0 Å². The molecule has 0 aliphatic rings. The van der Waals surface area contributed by atoms with Crippen LogP contribution in [-0.4, -0.2) is 31.3 Å². The summed E-state index contributed by atoms with van der Waals surface area (Å²) in [5, 5.41) is 5.70. The molecule has 0 unspecified atom stereocenters. The second-order valence-electron chi connectivity index (χ2n) is 4.06. The van der Waals surface area contributed by atoms with Gasteiger partial charge in [-0.25, -0.2) is 4.98 Å². The average molecular weight is 245 g/mol. The van der Waals surface area contributed by atoms with Gasteiger partial charge < -0.3 is 15.8 Å². The smallest absolute Gasteiger partial charge is 0.133 e. The summed E-state index contributed by atoms with van der Waals surface area (Å²) in [4.78, 5) is 4.37. The minimum atomic E-state index is 0.582. The SMILES string of the molecule is NCCOCCCNc1nccc2ccccc12. The summed E-state index contributed by atoms with van der Waals surface area (Å²) in [5.41, 5.74) is 5.35. The predicted octanol–water partition coefficient (Wildman–Crippen LogP) is 2.01. The molecule has 2 rings (SSSR count). The van der Waals surface area contributed by atoms with E-state index in [0.717, 1.165) is 30.8 Å². The number of ether oxygens (including phenoxy) is 1. The first-order chi connectivity index (χ1) is 8.92. The number of anilines is 1. The highest BCUT2D eigenvalue weighted by Crippen LogP contribution is 2.19. The molecule has 0 aliphatic carbocycles. The topological polar surface area (TPSA) is 60.2 Å². The van der Waals surface area contributed by atoms with Crippen molar-refractivity contribution < 1.29 is 4.74 Å². The van der Waals surface area contributed by atoms with E-state index in [9.17, 15) is 0 Å². The molecule has 1 heterocycles. The molecule has 4 nitrogen and oxygen atoms in total. The van der Waals surface area contributed by atoms with Crippen molar-refractivity contribution in [2.75, 3.05) is 31.6 Å². The number of benzene rings is 1. The van der Waals surface area contributed by atoms with E-state index in [4.69, 9.17) is 10.5 Å². The number of hydrogen-bond donors (Lipinski definition) is 2. The summed E-state index contributed by atoms with van der Waals surface area (Å²) in [5.74, 6) is 0.937. The Kier molecular flexibility index (Phi) is 4.93. The van der Waals surface area contributed by atoms with Crippen LogP contribution in [-0.2, 0) is 4.74 Å². The Balaban J connectivity index is 1.88. The normalized spacial score (nSPS) is 10.7. The quantitative estimate of drug-likeness (QED) is 0.733. The van der Waals surface area contributed by atoms with Crippen LogP contribution in [0, 0.1) is 0 Å². The lowest BCUT2D eigenvalue weighted by Gasteiger charge is -2.08. The fourth-order valence-corrected chi connectivity index (χ4v) is 1.83. The Morgan fingerprint density at radius 2 is 2.06 bits per heavy atom. The van der Waals surface area contributed by atoms with Gasteiger partial charge >= 0.3 is 0 Å². The lowest BCUT2D eigenvalue weighted by atomic mass is 10.1. The molecule has 0 bridgehead atoms. The second kappa shape index (κ2) is 6.93. The molecule has 1 aromatic heterocycles. The molecule has 0 aliphatic heterocycles. The number of hydrogen-bond acceptors (Lipinski definition) is 4. The van der Waals surface area contributed by atoms with Crippen LogP contribution in [0.15, 0.2) is 36.5 Å². The zero-order valence-electron chi connectivity index (χ0n) is 10.4. The van der Waals surface area contributed by atoms with Gasteiger partial charge in [0.15, 0.2) is 0 Å². The molecule has 4 heteroatoms. The van der Waals surface area contributed by atoms with Gasteiger partial charge in [0.25, 0.3) is 0 Å². The van der Waals surface area contributed by atoms with Crippen molar-refractivity contribution in [1.29, 1.82) is 0 Å². The molecule has 0 fully saturated rings. The Hall–Kier alpha value is -1.65. The highest BCUT2D eigenvalue weighted by atomic mass is 16.5. The second-order valence-corrected chi connectivity index (χ2v) is 4.06. The number of rotatable bonds is 7. The summed E-state index contributed by atoms with van der Waals surface area (Å²) in [6, 6.07) is 10.2. The van der Waals surface area contributed by atoms with E-state index in [1.54, 1.807) is 0 Å². The van der Waals surface area contributed by atoms with Gasteiger partial charge in [0.1, 0.15) is 5.82 Å². The number of aromatic nitrogens is 1. The highest BCUT2D eigenvalue weighted by Gasteiger charge is 2.00. The molecule has 0 saturated carbocycles. The summed E-state index contributed by atoms with van der Waals surface area (Å²) in [7, 11) is 0. The third kappa shape index (κ3) is 3.42. The molecule has 0 saturated heterocycles. The van der Waals surface area contributed by atoms with Crippen LogP contribution in [0.1, 0.15) is 6.42 Å². The van der Waals surface area contributed by atoms with E-state index >= 15 is 0 Å². The average Bonchev–Trinajstić information content (AvgIpc) is 2.43. The molecular weight excluding hydrogens is 226 g/mol. The third-order valence-electron chi connectivity index (χ3n) is 2.69. The Bertz CT molecular complexity index is 482. The lowest BCUT2D eigenvalue weighted by molar-refractivity contribution is 0.141. The van der Waals surface area contributed by atoms with E-state index in [1.165, 1.54) is 5.39 Å². The van der Waals surface area contributed by atoms with E-state index in [2.05, 4.69) is 22.4 Å². The van der Waals surface area contributed by atoms with Crippen LogP contribution in [0.3, 0.4) is 0 Å². The first-order valence-electron chi connectivity index (χ1n) is 6.27.